The molecule has 1 N–H and O–H groups in total. The lowest BCUT2D eigenvalue weighted by atomic mass is 9.95. The van der Waals surface area contributed by atoms with E-state index in [4.69, 9.17) is 0 Å². The lowest BCUT2D eigenvalue weighted by Crippen LogP contribution is -1.97. The van der Waals surface area contributed by atoms with Gasteiger partial charge >= 0.3 is 0 Å². The van der Waals surface area contributed by atoms with Gasteiger partial charge in [-0.25, -0.2) is 0 Å². The maximum absolute atomic E-state index is 4.00. The molecule has 1 aromatic heterocycles. The second-order valence-corrected chi connectivity index (χ2v) is 4.92. The molecule has 0 aliphatic rings. The zero-order chi connectivity index (χ0) is 10.9. The van der Waals surface area contributed by atoms with Crippen molar-refractivity contribution in [2.75, 3.05) is 0 Å². The van der Waals surface area contributed by atoms with Gasteiger partial charge in [0.15, 0.2) is 0 Å². The number of rotatable bonds is 1. The molecular weight excluding hydrogens is 184 g/mol. The van der Waals surface area contributed by atoms with Crippen LogP contribution in [0.25, 0.3) is 17.0 Å². The third-order valence-electron chi connectivity index (χ3n) is 2.24. The normalized spacial score (nSPS) is 12.7. The van der Waals surface area contributed by atoms with E-state index < -0.39 is 0 Å². The Morgan fingerprint density at radius 3 is 2.80 bits per heavy atom. The Labute approximate surface area is 90.0 Å². The van der Waals surface area contributed by atoms with E-state index >= 15 is 0 Å². The number of benzene rings is 1. The number of hydrogen-bond donors (Lipinski definition) is 1. The Morgan fingerprint density at radius 1 is 1.27 bits per heavy atom. The van der Waals surface area contributed by atoms with Crippen LogP contribution in [0.1, 0.15) is 26.3 Å². The predicted octanol–water partition coefficient (Wildman–Crippen LogP) is 3.62. The van der Waals surface area contributed by atoms with Crippen LogP contribution in [-0.4, -0.2) is 10.2 Å². The van der Waals surface area contributed by atoms with E-state index in [9.17, 15) is 0 Å². The van der Waals surface area contributed by atoms with Crippen molar-refractivity contribution < 1.29 is 0 Å². The van der Waals surface area contributed by atoms with Crippen LogP contribution < -0.4 is 0 Å². The van der Waals surface area contributed by atoms with E-state index in [0.717, 1.165) is 10.9 Å². The molecule has 0 amide bonds. The summed E-state index contributed by atoms with van der Waals surface area (Å²) in [5.41, 5.74) is 2.53. The lowest BCUT2D eigenvalue weighted by Gasteiger charge is -2.10. The topological polar surface area (TPSA) is 28.7 Å². The molecule has 2 rings (SSSR count). The minimum absolute atomic E-state index is 0.228. The number of nitrogens with one attached hydrogen (secondary N) is 1. The van der Waals surface area contributed by atoms with Crippen molar-refractivity contribution in [2.24, 2.45) is 5.41 Å². The van der Waals surface area contributed by atoms with Gasteiger partial charge in [0.25, 0.3) is 0 Å². The summed E-state index contributed by atoms with van der Waals surface area (Å²) in [5, 5.41) is 8.11. The van der Waals surface area contributed by atoms with Crippen molar-refractivity contribution in [3.63, 3.8) is 0 Å². The van der Waals surface area contributed by atoms with Gasteiger partial charge in [-0.05, 0) is 23.1 Å². The molecule has 0 saturated heterocycles. The van der Waals surface area contributed by atoms with E-state index in [0.29, 0.717) is 0 Å². The molecular formula is C13H16N2. The number of aromatic amines is 1. The second kappa shape index (κ2) is 3.54. The molecule has 1 heterocycles. The van der Waals surface area contributed by atoms with E-state index in [1.165, 1.54) is 5.56 Å². The summed E-state index contributed by atoms with van der Waals surface area (Å²) >= 11 is 0. The quantitative estimate of drug-likeness (QED) is 0.748. The standard InChI is InChI=1S/C13H16N2/c1-13(2,3)7-6-10-4-5-12-11(8-10)9-14-15-12/h4-9H,1-3H3,(H,14,15)/b7-6+. The van der Waals surface area contributed by atoms with Crippen molar-refractivity contribution in [3.8, 4) is 0 Å². The first kappa shape index (κ1) is 9.97. The van der Waals surface area contributed by atoms with Crippen LogP contribution in [0.15, 0.2) is 30.5 Å². The summed E-state index contributed by atoms with van der Waals surface area (Å²) in [4.78, 5) is 0. The summed E-state index contributed by atoms with van der Waals surface area (Å²) in [6.45, 7) is 6.58. The van der Waals surface area contributed by atoms with Crippen molar-refractivity contribution in [1.82, 2.24) is 10.2 Å². The molecule has 0 aliphatic carbocycles. The number of allylic oxidation sites excluding steroid dienone is 1. The van der Waals surface area contributed by atoms with Gasteiger partial charge in [0.05, 0.1) is 11.7 Å². The van der Waals surface area contributed by atoms with Crippen molar-refractivity contribution in [1.29, 1.82) is 0 Å². The summed E-state index contributed by atoms with van der Waals surface area (Å²) in [6.07, 6.45) is 6.23. The number of hydrogen-bond acceptors (Lipinski definition) is 1. The largest absolute Gasteiger partial charge is 0.278 e. The van der Waals surface area contributed by atoms with Crippen LogP contribution in [0.3, 0.4) is 0 Å². The maximum Gasteiger partial charge on any atom is 0.0650 e. The molecule has 1 aromatic carbocycles. The fourth-order valence-electron chi connectivity index (χ4n) is 1.41. The van der Waals surface area contributed by atoms with Crippen molar-refractivity contribution in [2.45, 2.75) is 20.8 Å². The summed E-state index contributed by atoms with van der Waals surface area (Å²) in [5.74, 6) is 0. The smallest absolute Gasteiger partial charge is 0.0650 e. The Hall–Kier alpha value is -1.57. The second-order valence-electron chi connectivity index (χ2n) is 4.92. The molecule has 0 unspecified atom stereocenters. The van der Waals surface area contributed by atoms with Gasteiger partial charge in [-0.2, -0.15) is 5.10 Å². The Morgan fingerprint density at radius 2 is 2.07 bits per heavy atom. The fraction of sp³-hybridized carbons (Fsp3) is 0.308. The van der Waals surface area contributed by atoms with E-state index in [2.05, 4.69) is 61.3 Å². The number of fused-ring (bicyclic) bond motifs is 1. The predicted molar refractivity (Wildman–Crippen MR) is 64.6 cm³/mol. The Bertz CT molecular complexity index is 486. The average Bonchev–Trinajstić information content (AvgIpc) is 2.60. The van der Waals surface area contributed by atoms with Crippen LogP contribution >= 0.6 is 0 Å². The monoisotopic (exact) mass is 200 g/mol. The van der Waals surface area contributed by atoms with Gasteiger partial charge in [0, 0.05) is 5.39 Å². The molecule has 2 aromatic rings. The molecule has 2 nitrogen and oxygen atoms in total. The molecule has 0 bridgehead atoms. The van der Waals surface area contributed by atoms with Gasteiger partial charge in [0.1, 0.15) is 0 Å². The van der Waals surface area contributed by atoms with Crippen molar-refractivity contribution in [3.05, 3.63) is 36.0 Å². The van der Waals surface area contributed by atoms with Crippen LogP contribution in [-0.2, 0) is 0 Å². The average molecular weight is 200 g/mol. The highest BCUT2D eigenvalue weighted by Gasteiger charge is 2.03. The highest BCUT2D eigenvalue weighted by atomic mass is 15.1. The number of aromatic nitrogens is 2. The zero-order valence-corrected chi connectivity index (χ0v) is 9.41. The highest BCUT2D eigenvalue weighted by molar-refractivity contribution is 5.80. The number of nitrogens with zero attached hydrogens (tertiary/aromatic N) is 1. The molecule has 78 valence electrons. The SMILES string of the molecule is CC(C)(C)/C=C/c1ccc2[nH]ncc2c1. The molecule has 0 saturated carbocycles. The Kier molecular flexibility index (Phi) is 2.35. The zero-order valence-electron chi connectivity index (χ0n) is 9.41. The van der Waals surface area contributed by atoms with Gasteiger partial charge in [-0.1, -0.05) is 39.0 Å². The fourth-order valence-corrected chi connectivity index (χ4v) is 1.41. The lowest BCUT2D eigenvalue weighted by molar-refractivity contribution is 0.547. The molecule has 2 heteroatoms. The van der Waals surface area contributed by atoms with E-state index in [1.54, 1.807) is 0 Å². The first-order chi connectivity index (χ1) is 7.04. The summed E-state index contributed by atoms with van der Waals surface area (Å²) < 4.78 is 0. The van der Waals surface area contributed by atoms with E-state index in [-0.39, 0.29) is 5.41 Å². The maximum atomic E-state index is 4.00. The minimum Gasteiger partial charge on any atom is -0.278 e. The molecule has 0 aliphatic heterocycles. The van der Waals surface area contributed by atoms with Gasteiger partial charge in [0.2, 0.25) is 0 Å². The highest BCUT2D eigenvalue weighted by Crippen LogP contribution is 2.19. The molecule has 0 radical (unpaired) electrons. The van der Waals surface area contributed by atoms with Gasteiger partial charge < -0.3 is 0 Å². The first-order valence-electron chi connectivity index (χ1n) is 5.17. The molecule has 0 atom stereocenters. The third-order valence-corrected chi connectivity index (χ3v) is 2.24. The molecule has 15 heavy (non-hydrogen) atoms. The first-order valence-corrected chi connectivity index (χ1v) is 5.17. The van der Waals surface area contributed by atoms with Crippen LogP contribution in [0, 0.1) is 5.41 Å². The number of H-pyrrole nitrogens is 1. The van der Waals surface area contributed by atoms with Gasteiger partial charge in [-0.15, -0.1) is 0 Å². The Balaban J connectivity index is 2.33. The van der Waals surface area contributed by atoms with E-state index in [1.807, 2.05) is 6.20 Å². The van der Waals surface area contributed by atoms with Gasteiger partial charge in [-0.3, -0.25) is 5.10 Å². The van der Waals surface area contributed by atoms with Crippen LogP contribution in [0.4, 0.5) is 0 Å². The van der Waals surface area contributed by atoms with Crippen LogP contribution in [0.5, 0.6) is 0 Å². The summed E-state index contributed by atoms with van der Waals surface area (Å²) in [7, 11) is 0. The van der Waals surface area contributed by atoms with Crippen LogP contribution in [0.2, 0.25) is 0 Å². The summed E-state index contributed by atoms with van der Waals surface area (Å²) in [6, 6.07) is 6.30. The third kappa shape index (κ3) is 2.46. The molecule has 0 fully saturated rings. The van der Waals surface area contributed by atoms with Crippen molar-refractivity contribution >= 4 is 17.0 Å². The molecule has 0 spiro atoms. The minimum atomic E-state index is 0.228.